The van der Waals surface area contributed by atoms with E-state index in [0.717, 1.165) is 12.1 Å². The Bertz CT molecular complexity index is 311. The van der Waals surface area contributed by atoms with Crippen LogP contribution in [0.25, 0.3) is 0 Å². The second-order valence-electron chi connectivity index (χ2n) is 2.69. The van der Waals surface area contributed by atoms with Crippen molar-refractivity contribution in [3.05, 3.63) is 30.3 Å². The minimum Gasteiger partial charge on any atom is -0.168 e. The van der Waals surface area contributed by atoms with Crippen molar-refractivity contribution in [1.29, 1.82) is 0 Å². The molecule has 0 unspecified atom stereocenters. The van der Waals surface area contributed by atoms with Crippen LogP contribution in [0, 0.1) is 0 Å². The van der Waals surface area contributed by atoms with Crippen molar-refractivity contribution in [2.45, 2.75) is 6.18 Å². The Morgan fingerprint density at radius 2 is 1.60 bits per heavy atom. The van der Waals surface area contributed by atoms with Gasteiger partial charge in [-0.15, -0.1) is 0 Å². The number of halogens is 5. The lowest BCUT2D eigenvalue weighted by molar-refractivity contribution is -0.154. The first-order chi connectivity index (χ1) is 6.81. The molecular weight excluding hydrogens is 238 g/mol. The van der Waals surface area contributed by atoms with Gasteiger partial charge in [-0.1, -0.05) is 18.2 Å². The van der Waals surface area contributed by atoms with Crippen LogP contribution in [0.3, 0.4) is 0 Å². The summed E-state index contributed by atoms with van der Waals surface area (Å²) in [5.41, 5.74) is 0. The van der Waals surface area contributed by atoms with E-state index in [-0.39, 0.29) is 0 Å². The summed E-state index contributed by atoms with van der Waals surface area (Å²) < 4.78 is 64.8. The van der Waals surface area contributed by atoms with Gasteiger partial charge in [0.25, 0.3) is 0 Å². The van der Waals surface area contributed by atoms with Crippen molar-refractivity contribution < 1.29 is 26.1 Å². The zero-order valence-electron chi connectivity index (χ0n) is 7.34. The Kier molecular flexibility index (Phi) is 3.62. The lowest BCUT2D eigenvalue weighted by Crippen LogP contribution is -2.18. The van der Waals surface area contributed by atoms with Crippen LogP contribution >= 0.6 is 8.11 Å². The predicted molar refractivity (Wildman–Crippen MR) is 47.2 cm³/mol. The molecule has 0 atom stereocenters. The van der Waals surface area contributed by atoms with E-state index in [2.05, 4.69) is 4.52 Å². The number of hydrogen-bond acceptors (Lipinski definition) is 1. The van der Waals surface area contributed by atoms with E-state index in [1.165, 1.54) is 18.2 Å². The summed E-state index contributed by atoms with van der Waals surface area (Å²) in [7, 11) is -5.11. The molecule has 0 fully saturated rings. The maximum Gasteiger partial charge on any atom is 0.554 e. The lowest BCUT2D eigenvalue weighted by Gasteiger charge is -2.07. The van der Waals surface area contributed by atoms with Crippen LogP contribution in [0.15, 0.2) is 30.3 Å². The first-order valence-electron chi connectivity index (χ1n) is 3.86. The van der Waals surface area contributed by atoms with E-state index in [1.807, 2.05) is 0 Å². The average molecular weight is 245 g/mol. The fourth-order valence-corrected chi connectivity index (χ4v) is 1.81. The number of alkyl halides is 3. The third-order valence-electron chi connectivity index (χ3n) is 1.45. The fraction of sp³-hybridized carbons (Fsp3) is 0.250. The Balaban J connectivity index is 2.68. The molecule has 0 aromatic heterocycles. The van der Waals surface area contributed by atoms with Crippen molar-refractivity contribution >= 4 is 13.4 Å². The molecule has 0 heterocycles. The minimum absolute atomic E-state index is 0.491. The smallest absolute Gasteiger partial charge is 0.168 e. The maximum absolute atomic E-state index is 13.1. The third-order valence-corrected chi connectivity index (χ3v) is 2.80. The van der Waals surface area contributed by atoms with E-state index < -0.39 is 26.2 Å². The van der Waals surface area contributed by atoms with Crippen molar-refractivity contribution in [1.82, 2.24) is 0 Å². The maximum atomic E-state index is 13.1. The van der Waals surface area contributed by atoms with Crippen molar-refractivity contribution in [3.8, 4) is 0 Å². The van der Waals surface area contributed by atoms with Crippen molar-refractivity contribution in [3.63, 3.8) is 0 Å². The zero-order valence-corrected chi connectivity index (χ0v) is 8.23. The van der Waals surface area contributed by atoms with Crippen LogP contribution < -0.4 is 5.30 Å². The molecule has 0 spiro atoms. The first-order valence-corrected chi connectivity index (χ1v) is 5.35. The Morgan fingerprint density at radius 3 is 2.07 bits per heavy atom. The minimum atomic E-state index is -5.11. The number of rotatable bonds is 3. The fourth-order valence-electron chi connectivity index (χ4n) is 0.830. The van der Waals surface area contributed by atoms with Gasteiger partial charge < -0.3 is 0 Å². The molecule has 0 saturated heterocycles. The molecule has 1 nitrogen and oxygen atoms in total. The van der Waals surface area contributed by atoms with Crippen LogP contribution in [0.4, 0.5) is 21.6 Å². The quantitative estimate of drug-likeness (QED) is 0.584. The van der Waals surface area contributed by atoms with Gasteiger partial charge in [0, 0.05) is 8.39 Å². The standard InChI is InChI=1S/C8H7F5OP/c9-8(10,11)6-14-15(12,13)7-4-2-1-3-5-7/h1-5H,6H2/q+1. The Hall–Kier alpha value is -0.740. The molecule has 0 aliphatic carbocycles. The molecule has 15 heavy (non-hydrogen) atoms. The highest BCUT2D eigenvalue weighted by Gasteiger charge is 2.50. The highest BCUT2D eigenvalue weighted by atomic mass is 31.3. The van der Waals surface area contributed by atoms with Crippen molar-refractivity contribution in [2.75, 3.05) is 6.61 Å². The molecule has 84 valence electrons. The molecule has 0 saturated carbocycles. The summed E-state index contributed by atoms with van der Waals surface area (Å²) >= 11 is 0. The van der Waals surface area contributed by atoms with Gasteiger partial charge in [0.1, 0.15) is 0 Å². The molecule has 0 radical (unpaired) electrons. The summed E-state index contributed by atoms with van der Waals surface area (Å²) in [6.45, 7) is -1.93. The largest absolute Gasteiger partial charge is 0.554 e. The molecule has 0 N–H and O–H groups in total. The topological polar surface area (TPSA) is 9.23 Å². The second kappa shape index (κ2) is 4.41. The van der Waals surface area contributed by atoms with E-state index >= 15 is 0 Å². The molecule has 1 aromatic rings. The summed E-state index contributed by atoms with van der Waals surface area (Å²) in [5.74, 6) is 0. The first kappa shape index (κ1) is 12.3. The van der Waals surface area contributed by atoms with Gasteiger partial charge >= 0.3 is 14.3 Å². The van der Waals surface area contributed by atoms with Crippen LogP contribution in [0.1, 0.15) is 0 Å². The lowest BCUT2D eigenvalue weighted by atomic mass is 10.4. The van der Waals surface area contributed by atoms with Gasteiger partial charge in [-0.05, 0) is 12.1 Å². The summed E-state index contributed by atoms with van der Waals surface area (Å²) in [6, 6.07) is 6.22. The highest BCUT2D eigenvalue weighted by Crippen LogP contribution is 2.62. The SMILES string of the molecule is FC(F)(F)CO[P+](F)(F)c1ccccc1. The predicted octanol–water partition coefficient (Wildman–Crippen LogP) is 3.59. The average Bonchev–Trinajstić information content (AvgIpc) is 2.16. The van der Waals surface area contributed by atoms with Gasteiger partial charge in [0.05, 0.1) is 0 Å². The molecule has 0 bridgehead atoms. The van der Waals surface area contributed by atoms with Gasteiger partial charge in [0.2, 0.25) is 0 Å². The van der Waals surface area contributed by atoms with Crippen molar-refractivity contribution in [2.24, 2.45) is 0 Å². The second-order valence-corrected chi connectivity index (χ2v) is 4.39. The Labute approximate surface area is 83.5 Å². The zero-order chi connectivity index (χ0) is 11.5. The van der Waals surface area contributed by atoms with Crippen LogP contribution in [-0.4, -0.2) is 12.8 Å². The van der Waals surface area contributed by atoms with Gasteiger partial charge in [-0.25, -0.2) is 0 Å². The van der Waals surface area contributed by atoms with Crippen LogP contribution in [0.5, 0.6) is 0 Å². The molecule has 0 aliphatic rings. The summed E-state index contributed by atoms with van der Waals surface area (Å²) in [6.07, 6.45) is -4.74. The summed E-state index contributed by atoms with van der Waals surface area (Å²) in [5, 5.41) is -0.491. The molecular formula is C8H7F5OP+. The molecule has 0 amide bonds. The summed E-state index contributed by atoms with van der Waals surface area (Å²) in [4.78, 5) is 0. The van der Waals surface area contributed by atoms with E-state index in [4.69, 9.17) is 0 Å². The molecule has 7 heteroatoms. The van der Waals surface area contributed by atoms with Gasteiger partial charge in [-0.3, -0.25) is 0 Å². The monoisotopic (exact) mass is 245 g/mol. The van der Waals surface area contributed by atoms with Gasteiger partial charge in [0.15, 0.2) is 11.9 Å². The van der Waals surface area contributed by atoms with E-state index in [1.54, 1.807) is 0 Å². The number of hydrogen-bond donors (Lipinski definition) is 0. The van der Waals surface area contributed by atoms with E-state index in [9.17, 15) is 21.6 Å². The molecule has 1 rings (SSSR count). The highest BCUT2D eigenvalue weighted by molar-refractivity contribution is 7.68. The molecule has 1 aromatic carbocycles. The number of benzene rings is 1. The van der Waals surface area contributed by atoms with E-state index in [0.29, 0.717) is 0 Å². The third kappa shape index (κ3) is 4.10. The molecule has 0 aliphatic heterocycles. The Morgan fingerprint density at radius 1 is 1.07 bits per heavy atom. The van der Waals surface area contributed by atoms with Crippen LogP contribution in [0.2, 0.25) is 0 Å². The van der Waals surface area contributed by atoms with Crippen LogP contribution in [-0.2, 0) is 4.52 Å². The normalized spacial score (nSPS) is 12.9. The van der Waals surface area contributed by atoms with Gasteiger partial charge in [-0.2, -0.15) is 17.7 Å².